The summed E-state index contributed by atoms with van der Waals surface area (Å²) in [5.74, 6) is -0.885. The number of methoxy groups -OCH3 is 1. The molecule has 0 unspecified atom stereocenters. The molecule has 1 saturated heterocycles. The number of hydrogen-bond acceptors (Lipinski definition) is 5. The van der Waals surface area contributed by atoms with E-state index < -0.39 is 11.8 Å². The quantitative estimate of drug-likeness (QED) is 0.465. The Bertz CT molecular complexity index is 821. The Labute approximate surface area is 156 Å². The molecule has 0 bridgehead atoms. The first-order valence-electron chi connectivity index (χ1n) is 8.12. The van der Waals surface area contributed by atoms with Crippen LogP contribution in [-0.4, -0.2) is 49.3 Å². The molecule has 3 rings (SSSR count). The summed E-state index contributed by atoms with van der Waals surface area (Å²) in [7, 11) is 1.47. The summed E-state index contributed by atoms with van der Waals surface area (Å²) >= 11 is 5.54. The van der Waals surface area contributed by atoms with E-state index in [1.807, 2.05) is 4.90 Å². The number of carbonyl (C=O) groups excluding carboxylic acids is 1. The van der Waals surface area contributed by atoms with E-state index in [-0.39, 0.29) is 11.3 Å². The minimum absolute atomic E-state index is 0.143. The molecule has 0 saturated carbocycles. The van der Waals surface area contributed by atoms with Crippen LogP contribution in [0.25, 0.3) is 0 Å². The van der Waals surface area contributed by atoms with Crippen LogP contribution in [-0.2, 0) is 4.74 Å². The standard InChI is InChI=1S/C19H18FNO4S/c1-23-16-7-6-13(18(26)21-8-10-24-11-9-21)12-17(16)25-19(22)14-4-2-3-5-15(14)20/h2-7,12H,8-11H2,1H3. The fourth-order valence-corrected chi connectivity index (χ4v) is 2.93. The molecule has 2 aromatic rings. The molecule has 136 valence electrons. The number of nitrogens with zero attached hydrogens (tertiary/aromatic N) is 1. The van der Waals surface area contributed by atoms with Gasteiger partial charge in [-0.2, -0.15) is 0 Å². The smallest absolute Gasteiger partial charge is 0.346 e. The van der Waals surface area contributed by atoms with Crippen LogP contribution in [0.5, 0.6) is 11.5 Å². The van der Waals surface area contributed by atoms with Crippen LogP contribution in [0, 0.1) is 5.82 Å². The SMILES string of the molecule is COc1ccc(C(=S)N2CCOCC2)cc1OC(=O)c1ccccc1F. The number of thiocarbonyl (C=S) groups is 1. The molecule has 1 aliphatic rings. The van der Waals surface area contributed by atoms with Gasteiger partial charge in [-0.3, -0.25) is 0 Å². The zero-order valence-corrected chi connectivity index (χ0v) is 15.1. The van der Waals surface area contributed by atoms with Crippen molar-refractivity contribution in [1.82, 2.24) is 4.90 Å². The van der Waals surface area contributed by atoms with Crippen molar-refractivity contribution in [2.24, 2.45) is 0 Å². The van der Waals surface area contributed by atoms with Crippen molar-refractivity contribution >= 4 is 23.2 Å². The van der Waals surface area contributed by atoms with E-state index in [2.05, 4.69) is 0 Å². The number of ether oxygens (including phenoxy) is 3. The first-order valence-corrected chi connectivity index (χ1v) is 8.52. The summed E-state index contributed by atoms with van der Waals surface area (Å²) < 4.78 is 29.8. The minimum Gasteiger partial charge on any atom is -0.493 e. The number of carbonyl (C=O) groups is 1. The van der Waals surface area contributed by atoms with Crippen LogP contribution in [0.2, 0.25) is 0 Å². The van der Waals surface area contributed by atoms with E-state index in [1.165, 1.54) is 25.3 Å². The molecule has 0 aliphatic carbocycles. The number of hydrogen-bond donors (Lipinski definition) is 0. The largest absolute Gasteiger partial charge is 0.493 e. The highest BCUT2D eigenvalue weighted by atomic mass is 32.1. The predicted octanol–water partition coefficient (Wildman–Crippen LogP) is 3.06. The summed E-state index contributed by atoms with van der Waals surface area (Å²) in [6, 6.07) is 10.8. The van der Waals surface area contributed by atoms with Crippen molar-refractivity contribution in [1.29, 1.82) is 0 Å². The zero-order valence-electron chi connectivity index (χ0n) is 14.2. The third-order valence-electron chi connectivity index (χ3n) is 4.01. The molecule has 0 N–H and O–H groups in total. The highest BCUT2D eigenvalue weighted by molar-refractivity contribution is 7.80. The third-order valence-corrected chi connectivity index (χ3v) is 4.50. The van der Waals surface area contributed by atoms with Crippen molar-refractivity contribution < 1.29 is 23.4 Å². The second kappa shape index (κ2) is 8.25. The zero-order chi connectivity index (χ0) is 18.5. The van der Waals surface area contributed by atoms with Crippen molar-refractivity contribution in [2.75, 3.05) is 33.4 Å². The highest BCUT2D eigenvalue weighted by Gasteiger charge is 2.19. The number of esters is 1. The lowest BCUT2D eigenvalue weighted by molar-refractivity contribution is 0.0692. The molecule has 0 spiro atoms. The Hall–Kier alpha value is -2.51. The van der Waals surface area contributed by atoms with Crippen molar-refractivity contribution in [3.8, 4) is 11.5 Å². The van der Waals surface area contributed by atoms with Gasteiger partial charge in [-0.25, -0.2) is 9.18 Å². The maximum atomic E-state index is 13.8. The lowest BCUT2D eigenvalue weighted by Crippen LogP contribution is -2.40. The normalized spacial score (nSPS) is 14.0. The maximum Gasteiger partial charge on any atom is 0.346 e. The molecule has 0 amide bonds. The van der Waals surface area contributed by atoms with E-state index in [0.717, 1.165) is 5.56 Å². The molecule has 1 aliphatic heterocycles. The van der Waals surface area contributed by atoms with Gasteiger partial charge in [0.2, 0.25) is 0 Å². The Morgan fingerprint density at radius 2 is 1.88 bits per heavy atom. The van der Waals surface area contributed by atoms with Gasteiger partial charge in [0.15, 0.2) is 11.5 Å². The Morgan fingerprint density at radius 1 is 1.15 bits per heavy atom. The van der Waals surface area contributed by atoms with Crippen LogP contribution >= 0.6 is 12.2 Å². The van der Waals surface area contributed by atoms with Gasteiger partial charge >= 0.3 is 5.97 Å². The van der Waals surface area contributed by atoms with Crippen molar-refractivity contribution in [3.63, 3.8) is 0 Å². The average molecular weight is 375 g/mol. The van der Waals surface area contributed by atoms with Crippen LogP contribution in [0.15, 0.2) is 42.5 Å². The van der Waals surface area contributed by atoms with Gasteiger partial charge in [0, 0.05) is 18.7 Å². The molecule has 0 atom stereocenters. The van der Waals surface area contributed by atoms with E-state index in [9.17, 15) is 9.18 Å². The van der Waals surface area contributed by atoms with Crippen LogP contribution < -0.4 is 9.47 Å². The first-order chi connectivity index (χ1) is 12.6. The van der Waals surface area contributed by atoms with E-state index >= 15 is 0 Å². The molecular weight excluding hydrogens is 357 g/mol. The Morgan fingerprint density at radius 3 is 2.58 bits per heavy atom. The van der Waals surface area contributed by atoms with Crippen LogP contribution in [0.3, 0.4) is 0 Å². The molecule has 1 fully saturated rings. The number of rotatable bonds is 4. The monoisotopic (exact) mass is 375 g/mol. The molecule has 0 aromatic heterocycles. The lowest BCUT2D eigenvalue weighted by Gasteiger charge is -2.29. The van der Waals surface area contributed by atoms with Crippen molar-refractivity contribution in [3.05, 3.63) is 59.4 Å². The van der Waals surface area contributed by atoms with Gasteiger partial charge in [0.25, 0.3) is 0 Å². The Kier molecular flexibility index (Phi) is 5.80. The molecule has 0 radical (unpaired) electrons. The summed E-state index contributed by atoms with van der Waals surface area (Å²) in [5, 5.41) is 0. The molecule has 7 heteroatoms. The molecule has 5 nitrogen and oxygen atoms in total. The topological polar surface area (TPSA) is 48.0 Å². The van der Waals surface area contributed by atoms with Gasteiger partial charge in [0.1, 0.15) is 10.8 Å². The highest BCUT2D eigenvalue weighted by Crippen LogP contribution is 2.30. The van der Waals surface area contributed by atoms with Gasteiger partial charge < -0.3 is 19.1 Å². The summed E-state index contributed by atoms with van der Waals surface area (Å²) in [6.45, 7) is 2.64. The minimum atomic E-state index is -0.796. The average Bonchev–Trinajstić information content (AvgIpc) is 2.68. The Balaban J connectivity index is 1.84. The van der Waals surface area contributed by atoms with Crippen LogP contribution in [0.4, 0.5) is 4.39 Å². The van der Waals surface area contributed by atoms with Crippen LogP contribution in [0.1, 0.15) is 15.9 Å². The summed E-state index contributed by atoms with van der Waals surface area (Å²) in [6.07, 6.45) is 0. The summed E-state index contributed by atoms with van der Waals surface area (Å²) in [4.78, 5) is 15.0. The molecule has 26 heavy (non-hydrogen) atoms. The van der Waals surface area contributed by atoms with Crippen molar-refractivity contribution in [2.45, 2.75) is 0 Å². The third kappa shape index (κ3) is 4.00. The second-order valence-electron chi connectivity index (χ2n) is 5.64. The number of halogens is 1. The van der Waals surface area contributed by atoms with Gasteiger partial charge in [-0.1, -0.05) is 24.4 Å². The molecular formula is C19H18FNO4S. The fourth-order valence-electron chi connectivity index (χ4n) is 2.62. The van der Waals surface area contributed by atoms with Gasteiger partial charge in [-0.05, 0) is 30.3 Å². The predicted molar refractivity (Wildman–Crippen MR) is 98.4 cm³/mol. The number of benzene rings is 2. The number of morpholine rings is 1. The lowest BCUT2D eigenvalue weighted by atomic mass is 10.1. The first kappa shape index (κ1) is 18.3. The van der Waals surface area contributed by atoms with E-state index in [1.54, 1.807) is 24.3 Å². The second-order valence-corrected chi connectivity index (χ2v) is 6.03. The van der Waals surface area contributed by atoms with Gasteiger partial charge in [-0.15, -0.1) is 0 Å². The fraction of sp³-hybridized carbons (Fsp3) is 0.263. The van der Waals surface area contributed by atoms with Gasteiger partial charge in [0.05, 0.1) is 25.9 Å². The molecule has 2 aromatic carbocycles. The maximum absolute atomic E-state index is 13.8. The molecule has 1 heterocycles. The van der Waals surface area contributed by atoms with E-state index in [4.69, 9.17) is 26.4 Å². The summed E-state index contributed by atoms with van der Waals surface area (Å²) in [5.41, 5.74) is 0.578. The van der Waals surface area contributed by atoms with E-state index in [0.29, 0.717) is 37.0 Å².